The lowest BCUT2D eigenvalue weighted by Crippen LogP contribution is -2.15. The van der Waals surface area contributed by atoms with E-state index in [2.05, 4.69) is 36.4 Å². The van der Waals surface area contributed by atoms with Gasteiger partial charge in [-0.2, -0.15) is 5.10 Å². The van der Waals surface area contributed by atoms with E-state index in [0.29, 0.717) is 22.3 Å². The molecule has 0 fully saturated rings. The molecular weight excluding hydrogens is 507 g/mol. The maximum Gasteiger partial charge on any atom is 0.278 e. The van der Waals surface area contributed by atoms with Gasteiger partial charge in [-0.15, -0.1) is 5.10 Å². The molecule has 4 aromatic rings. The normalized spacial score (nSPS) is 10.8. The van der Waals surface area contributed by atoms with E-state index in [4.69, 9.17) is 27.9 Å². The second-order valence-electron chi connectivity index (χ2n) is 6.40. The molecule has 0 saturated heterocycles. The summed E-state index contributed by atoms with van der Waals surface area (Å²) in [4.78, 5) is 16.6. The number of carbonyl (C=O) groups excluding carboxylic acids is 1. The first-order valence-electron chi connectivity index (χ1n) is 9.03. The highest BCUT2D eigenvalue weighted by Crippen LogP contribution is 2.27. The fraction of sp³-hybridized carbons (Fsp3) is 0.100. The molecule has 0 unspecified atom stereocenters. The second-order valence-corrected chi connectivity index (χ2v) is 8.13. The number of nitrogens with one attached hydrogen (secondary N) is 1. The molecule has 158 valence electrons. The fourth-order valence-corrected chi connectivity index (χ4v) is 3.60. The number of benzene rings is 2. The van der Waals surface area contributed by atoms with Gasteiger partial charge in [0.25, 0.3) is 5.91 Å². The van der Waals surface area contributed by atoms with E-state index in [9.17, 15) is 4.79 Å². The molecule has 0 aliphatic heterocycles. The lowest BCUT2D eigenvalue weighted by Gasteiger charge is -2.08. The Bertz CT molecular complexity index is 1230. The molecule has 0 aliphatic rings. The van der Waals surface area contributed by atoms with Gasteiger partial charge in [0.1, 0.15) is 12.1 Å². The highest BCUT2D eigenvalue weighted by molar-refractivity contribution is 9.10. The van der Waals surface area contributed by atoms with Gasteiger partial charge in [0.05, 0.1) is 11.6 Å². The molecule has 11 heteroatoms. The minimum atomic E-state index is -0.434. The molecule has 2 aromatic carbocycles. The number of rotatable bonds is 7. The van der Waals surface area contributed by atoms with Gasteiger partial charge in [-0.25, -0.2) is 14.3 Å². The highest BCUT2D eigenvalue weighted by atomic mass is 79.9. The monoisotopic (exact) mass is 520 g/mol. The predicted octanol–water partition coefficient (Wildman–Crippen LogP) is 4.88. The van der Waals surface area contributed by atoms with Gasteiger partial charge in [0, 0.05) is 15.7 Å². The number of carbonyl (C=O) groups is 1. The van der Waals surface area contributed by atoms with Gasteiger partial charge in [-0.05, 0) is 35.9 Å². The van der Waals surface area contributed by atoms with E-state index < -0.39 is 5.91 Å². The van der Waals surface area contributed by atoms with Crippen molar-refractivity contribution in [2.24, 2.45) is 0 Å². The van der Waals surface area contributed by atoms with Crippen LogP contribution in [0.25, 0.3) is 0 Å². The second kappa shape index (κ2) is 9.51. The Morgan fingerprint density at radius 2 is 1.90 bits per heavy atom. The molecule has 0 spiro atoms. The summed E-state index contributed by atoms with van der Waals surface area (Å²) in [5.74, 6) is 0.250. The molecule has 0 bridgehead atoms. The third-order valence-corrected chi connectivity index (χ3v) is 5.33. The number of anilines is 1. The van der Waals surface area contributed by atoms with Crippen molar-refractivity contribution in [1.29, 1.82) is 0 Å². The Labute approximate surface area is 195 Å². The van der Waals surface area contributed by atoms with Crippen LogP contribution in [0.4, 0.5) is 5.95 Å². The van der Waals surface area contributed by atoms with Gasteiger partial charge >= 0.3 is 0 Å². The average molecular weight is 522 g/mol. The molecule has 0 saturated carbocycles. The van der Waals surface area contributed by atoms with Crippen LogP contribution in [-0.4, -0.2) is 30.5 Å². The molecule has 8 nitrogen and oxygen atoms in total. The van der Waals surface area contributed by atoms with Gasteiger partial charge in [0.2, 0.25) is 5.95 Å². The van der Waals surface area contributed by atoms with Crippen molar-refractivity contribution in [1.82, 2.24) is 24.5 Å². The Balaban J connectivity index is 1.35. The van der Waals surface area contributed by atoms with Gasteiger partial charge in [0.15, 0.2) is 12.4 Å². The van der Waals surface area contributed by atoms with E-state index in [-0.39, 0.29) is 18.4 Å². The number of ether oxygens (including phenoxy) is 1. The van der Waals surface area contributed by atoms with Crippen LogP contribution in [0.3, 0.4) is 0 Å². The van der Waals surface area contributed by atoms with E-state index in [1.807, 2.05) is 24.3 Å². The van der Waals surface area contributed by atoms with E-state index >= 15 is 0 Å². The maximum atomic E-state index is 12.5. The molecule has 2 heterocycles. The Hall–Kier alpha value is -2.88. The van der Waals surface area contributed by atoms with Crippen LogP contribution >= 0.6 is 39.1 Å². The summed E-state index contributed by atoms with van der Waals surface area (Å²) < 4.78 is 9.56. The van der Waals surface area contributed by atoms with Crippen LogP contribution in [0.2, 0.25) is 10.0 Å². The largest absolute Gasteiger partial charge is 0.470 e. The first-order valence-corrected chi connectivity index (χ1v) is 10.6. The number of hydrogen-bond donors (Lipinski definition) is 1. The average Bonchev–Trinajstić information content (AvgIpc) is 3.39. The fourth-order valence-electron chi connectivity index (χ4n) is 2.68. The zero-order valence-corrected chi connectivity index (χ0v) is 19.0. The van der Waals surface area contributed by atoms with Crippen molar-refractivity contribution in [3.63, 3.8) is 0 Å². The molecule has 0 atom stereocenters. The van der Waals surface area contributed by atoms with Crippen LogP contribution in [0.15, 0.2) is 65.5 Å². The van der Waals surface area contributed by atoms with Crippen LogP contribution < -0.4 is 10.1 Å². The van der Waals surface area contributed by atoms with Crippen molar-refractivity contribution < 1.29 is 9.53 Å². The van der Waals surface area contributed by atoms with Crippen LogP contribution in [0, 0.1) is 0 Å². The minimum Gasteiger partial charge on any atom is -0.470 e. The molecule has 4 rings (SSSR count). The van der Waals surface area contributed by atoms with Gasteiger partial charge in [-0.1, -0.05) is 57.3 Å². The summed E-state index contributed by atoms with van der Waals surface area (Å²) in [6, 6.07) is 14.3. The molecular formula is C20H15BrCl2N6O2. The van der Waals surface area contributed by atoms with Gasteiger partial charge < -0.3 is 4.74 Å². The third-order valence-electron chi connectivity index (χ3n) is 4.17. The van der Waals surface area contributed by atoms with Crippen molar-refractivity contribution in [2.45, 2.75) is 13.3 Å². The summed E-state index contributed by atoms with van der Waals surface area (Å²) in [6.45, 7) is 0.534. The Kier molecular flexibility index (Phi) is 6.55. The van der Waals surface area contributed by atoms with Crippen molar-refractivity contribution in [2.75, 3.05) is 5.32 Å². The van der Waals surface area contributed by atoms with Crippen molar-refractivity contribution in [3.8, 4) is 5.75 Å². The summed E-state index contributed by atoms with van der Waals surface area (Å²) in [7, 11) is 0. The smallest absolute Gasteiger partial charge is 0.278 e. The SMILES string of the molecule is O=C(Nc1ncn(Cc2ccccc2Cl)n1)c1ccn(COc2ccc(Br)cc2Cl)n1. The molecule has 1 amide bonds. The number of nitrogens with zero attached hydrogens (tertiary/aromatic N) is 5. The molecule has 0 aliphatic carbocycles. The zero-order valence-electron chi connectivity index (χ0n) is 15.9. The van der Waals surface area contributed by atoms with E-state index in [1.54, 1.807) is 35.1 Å². The lowest BCUT2D eigenvalue weighted by molar-refractivity contribution is 0.101. The number of aromatic nitrogens is 5. The first kappa shape index (κ1) is 21.4. The number of hydrogen-bond acceptors (Lipinski definition) is 5. The Morgan fingerprint density at radius 1 is 1.06 bits per heavy atom. The number of halogens is 3. The van der Waals surface area contributed by atoms with Crippen LogP contribution in [-0.2, 0) is 13.3 Å². The summed E-state index contributed by atoms with van der Waals surface area (Å²) >= 11 is 15.6. The first-order chi connectivity index (χ1) is 15.0. The summed E-state index contributed by atoms with van der Waals surface area (Å²) in [6.07, 6.45) is 3.15. The Morgan fingerprint density at radius 3 is 2.71 bits per heavy atom. The van der Waals surface area contributed by atoms with E-state index in [1.165, 1.54) is 11.0 Å². The van der Waals surface area contributed by atoms with Crippen LogP contribution in [0.1, 0.15) is 16.1 Å². The molecule has 0 radical (unpaired) electrons. The highest BCUT2D eigenvalue weighted by Gasteiger charge is 2.13. The van der Waals surface area contributed by atoms with Crippen molar-refractivity contribution >= 4 is 51.0 Å². The minimum absolute atomic E-state index is 0.0966. The van der Waals surface area contributed by atoms with Crippen molar-refractivity contribution in [3.05, 3.63) is 86.8 Å². The quantitative estimate of drug-likeness (QED) is 0.374. The standard InChI is InChI=1S/C20H15BrCl2N6O2/c21-14-5-6-18(16(23)9-14)31-12-28-8-7-17(26-28)19(30)25-20-24-11-29(27-20)10-13-3-1-2-4-15(13)22/h1-9,11H,10,12H2,(H,25,27,30). The topological polar surface area (TPSA) is 86.9 Å². The predicted molar refractivity (Wildman–Crippen MR) is 121 cm³/mol. The molecule has 31 heavy (non-hydrogen) atoms. The van der Waals surface area contributed by atoms with Gasteiger partial charge in [-0.3, -0.25) is 10.1 Å². The molecule has 2 aromatic heterocycles. The van der Waals surface area contributed by atoms with E-state index in [0.717, 1.165) is 10.0 Å². The third kappa shape index (κ3) is 5.43. The summed E-state index contributed by atoms with van der Waals surface area (Å²) in [5.41, 5.74) is 1.10. The summed E-state index contributed by atoms with van der Waals surface area (Å²) in [5, 5.41) is 12.2. The molecule has 1 N–H and O–H groups in total. The lowest BCUT2D eigenvalue weighted by atomic mass is 10.2. The van der Waals surface area contributed by atoms with Crippen LogP contribution in [0.5, 0.6) is 5.75 Å². The number of amides is 1. The zero-order chi connectivity index (χ0) is 21.8. The maximum absolute atomic E-state index is 12.5.